The normalized spacial score (nSPS) is 10.5. The van der Waals surface area contributed by atoms with Crippen LogP contribution in [-0.2, 0) is 0 Å². The molecule has 0 radical (unpaired) electrons. The predicted octanol–water partition coefficient (Wildman–Crippen LogP) is 4.59. The molecule has 0 atom stereocenters. The molecule has 0 spiro atoms. The van der Waals surface area contributed by atoms with Gasteiger partial charge in [0.05, 0.1) is 30.8 Å². The highest BCUT2D eigenvalue weighted by molar-refractivity contribution is 7.20. The Balaban J connectivity index is 1.85. The average molecular weight is 411 g/mol. The number of anilines is 1. The van der Waals surface area contributed by atoms with Crippen molar-refractivity contribution < 1.29 is 14.6 Å². The summed E-state index contributed by atoms with van der Waals surface area (Å²) in [5.41, 5.74) is -0.810. The molecule has 1 aromatic carbocycles. The van der Waals surface area contributed by atoms with E-state index in [1.165, 1.54) is 11.3 Å². The van der Waals surface area contributed by atoms with Crippen LogP contribution in [0.4, 0.5) is 16.5 Å². The largest absolute Gasteiger partial charge is 0.298 e. The summed E-state index contributed by atoms with van der Waals surface area (Å²) in [6.45, 7) is 0. The molecule has 1 N–H and O–H groups in total. The third-order valence-electron chi connectivity index (χ3n) is 3.18. The smallest absolute Gasteiger partial charge is 0.289 e. The number of benzene rings is 1. The van der Waals surface area contributed by atoms with E-state index >= 15 is 0 Å². The lowest BCUT2D eigenvalue weighted by molar-refractivity contribution is -0.394. The Morgan fingerprint density at radius 1 is 1.15 bits per heavy atom. The number of thiophene rings is 1. The van der Waals surface area contributed by atoms with Crippen molar-refractivity contribution in [3.05, 3.63) is 65.8 Å². The molecule has 0 aliphatic heterocycles. The van der Waals surface area contributed by atoms with E-state index < -0.39 is 27.1 Å². The summed E-state index contributed by atoms with van der Waals surface area (Å²) in [4.78, 5) is 37.6. The lowest BCUT2D eigenvalue weighted by Crippen LogP contribution is -2.14. The quantitative estimate of drug-likeness (QED) is 0.483. The van der Waals surface area contributed by atoms with Gasteiger partial charge in [0.2, 0.25) is 0 Å². The van der Waals surface area contributed by atoms with Crippen LogP contribution in [0.15, 0.2) is 35.7 Å². The van der Waals surface area contributed by atoms with Crippen molar-refractivity contribution in [1.82, 2.24) is 4.98 Å². The van der Waals surface area contributed by atoms with Gasteiger partial charge in [0.15, 0.2) is 5.13 Å². The van der Waals surface area contributed by atoms with Crippen molar-refractivity contribution in [1.29, 1.82) is 0 Å². The first-order valence-corrected chi connectivity index (χ1v) is 8.88. The van der Waals surface area contributed by atoms with Gasteiger partial charge in [-0.1, -0.05) is 11.6 Å². The number of nitrogens with one attached hydrogen (secondary N) is 1. The molecule has 0 fully saturated rings. The maximum Gasteiger partial charge on any atom is 0.289 e. The summed E-state index contributed by atoms with van der Waals surface area (Å²) in [6.07, 6.45) is 0. The summed E-state index contributed by atoms with van der Waals surface area (Å²) in [7, 11) is 0. The molecule has 0 aliphatic carbocycles. The van der Waals surface area contributed by atoms with Gasteiger partial charge in [-0.05, 0) is 18.2 Å². The first-order valence-electron chi connectivity index (χ1n) is 6.80. The highest BCUT2D eigenvalue weighted by atomic mass is 35.5. The molecule has 0 aliphatic rings. The Morgan fingerprint density at radius 2 is 1.92 bits per heavy atom. The Morgan fingerprint density at radius 3 is 2.54 bits per heavy atom. The van der Waals surface area contributed by atoms with Crippen LogP contribution in [0.1, 0.15) is 10.4 Å². The van der Waals surface area contributed by atoms with E-state index in [0.29, 0.717) is 10.0 Å². The number of hydrogen-bond donors (Lipinski definition) is 1. The lowest BCUT2D eigenvalue weighted by Gasteiger charge is -2.03. The van der Waals surface area contributed by atoms with E-state index in [2.05, 4.69) is 10.3 Å². The molecule has 1 amide bonds. The van der Waals surface area contributed by atoms with Gasteiger partial charge in [-0.2, -0.15) is 0 Å². The van der Waals surface area contributed by atoms with Crippen molar-refractivity contribution in [2.24, 2.45) is 0 Å². The van der Waals surface area contributed by atoms with Crippen LogP contribution in [-0.4, -0.2) is 20.7 Å². The highest BCUT2D eigenvalue weighted by Crippen LogP contribution is 2.33. The number of hydrogen-bond acceptors (Lipinski definition) is 8. The maximum absolute atomic E-state index is 12.3. The zero-order valence-electron chi connectivity index (χ0n) is 12.5. The number of rotatable bonds is 5. The van der Waals surface area contributed by atoms with Crippen LogP contribution in [0.3, 0.4) is 0 Å². The predicted molar refractivity (Wildman–Crippen MR) is 98.1 cm³/mol. The lowest BCUT2D eigenvalue weighted by atomic mass is 10.1. The number of nitro benzene ring substituents is 2. The van der Waals surface area contributed by atoms with E-state index in [-0.39, 0.29) is 10.7 Å². The first kappa shape index (κ1) is 17.9. The number of carbonyl (C=O) groups is 1. The summed E-state index contributed by atoms with van der Waals surface area (Å²) >= 11 is 8.34. The second-order valence-electron chi connectivity index (χ2n) is 4.81. The van der Waals surface area contributed by atoms with Gasteiger partial charge in [0.1, 0.15) is 5.56 Å². The highest BCUT2D eigenvalue weighted by Gasteiger charge is 2.24. The van der Waals surface area contributed by atoms with Crippen LogP contribution in [0.2, 0.25) is 4.34 Å². The molecular weight excluding hydrogens is 404 g/mol. The van der Waals surface area contributed by atoms with Gasteiger partial charge in [-0.3, -0.25) is 30.3 Å². The summed E-state index contributed by atoms with van der Waals surface area (Å²) in [6, 6.07) is 6.33. The van der Waals surface area contributed by atoms with Gasteiger partial charge in [-0.15, -0.1) is 22.7 Å². The van der Waals surface area contributed by atoms with Crippen molar-refractivity contribution in [2.75, 3.05) is 5.32 Å². The Kier molecular flexibility index (Phi) is 4.93. The van der Waals surface area contributed by atoms with Gasteiger partial charge in [0.25, 0.3) is 17.3 Å². The number of nitrogens with zero attached hydrogens (tertiary/aromatic N) is 3. The zero-order valence-corrected chi connectivity index (χ0v) is 14.9. The molecule has 12 heteroatoms. The van der Waals surface area contributed by atoms with Gasteiger partial charge in [-0.25, -0.2) is 4.98 Å². The summed E-state index contributed by atoms with van der Waals surface area (Å²) < 4.78 is 0.597. The monoisotopic (exact) mass is 410 g/mol. The fraction of sp³-hybridized carbons (Fsp3) is 0. The van der Waals surface area contributed by atoms with E-state index in [1.807, 2.05) is 0 Å². The van der Waals surface area contributed by atoms with Gasteiger partial charge < -0.3 is 0 Å². The second kappa shape index (κ2) is 7.15. The first-order chi connectivity index (χ1) is 12.3. The van der Waals surface area contributed by atoms with Crippen LogP contribution in [0.5, 0.6) is 0 Å². The molecule has 3 rings (SSSR count). The Labute approximate surface area is 158 Å². The summed E-state index contributed by atoms with van der Waals surface area (Å²) in [5, 5.41) is 26.3. The molecule has 9 nitrogen and oxygen atoms in total. The zero-order chi connectivity index (χ0) is 18.8. The van der Waals surface area contributed by atoms with Crippen molar-refractivity contribution in [2.45, 2.75) is 0 Å². The SMILES string of the molecule is O=C(Nc1nc(-c2ccc(Cl)s2)cs1)c1ccc([N+](=O)[O-])cc1[N+](=O)[O-]. The van der Waals surface area contributed by atoms with E-state index in [1.54, 1.807) is 17.5 Å². The van der Waals surface area contributed by atoms with Crippen LogP contribution < -0.4 is 5.32 Å². The van der Waals surface area contributed by atoms with E-state index in [9.17, 15) is 25.0 Å². The minimum absolute atomic E-state index is 0.238. The molecule has 3 aromatic rings. The third kappa shape index (κ3) is 3.69. The van der Waals surface area contributed by atoms with Crippen LogP contribution in [0, 0.1) is 20.2 Å². The van der Waals surface area contributed by atoms with Crippen LogP contribution in [0.25, 0.3) is 10.6 Å². The molecule has 2 heterocycles. The van der Waals surface area contributed by atoms with Gasteiger partial charge in [0, 0.05) is 11.4 Å². The number of thiazole rings is 1. The molecule has 2 aromatic heterocycles. The molecule has 0 saturated heterocycles. The minimum atomic E-state index is -0.844. The number of carbonyl (C=O) groups excluding carboxylic acids is 1. The number of non-ortho nitro benzene ring substituents is 1. The number of halogens is 1. The van der Waals surface area contributed by atoms with Crippen molar-refractivity contribution >= 4 is 56.7 Å². The number of aromatic nitrogens is 1. The fourth-order valence-corrected chi connectivity index (χ4v) is 3.82. The standard InChI is InChI=1S/C14H7ClN4O5S2/c15-12-4-3-11(26-12)9-6-25-14(16-9)17-13(20)8-2-1-7(18(21)22)5-10(8)19(23)24/h1-6H,(H,16,17,20). The molecule has 0 unspecified atom stereocenters. The molecule has 0 bridgehead atoms. The second-order valence-corrected chi connectivity index (χ2v) is 7.38. The van der Waals surface area contributed by atoms with Crippen LogP contribution >= 0.6 is 34.3 Å². The van der Waals surface area contributed by atoms with E-state index in [0.717, 1.165) is 34.4 Å². The topological polar surface area (TPSA) is 128 Å². The van der Waals surface area contributed by atoms with Crippen molar-refractivity contribution in [3.63, 3.8) is 0 Å². The van der Waals surface area contributed by atoms with Gasteiger partial charge >= 0.3 is 0 Å². The van der Waals surface area contributed by atoms with E-state index in [4.69, 9.17) is 11.6 Å². The number of amides is 1. The molecule has 0 saturated carbocycles. The Hall–Kier alpha value is -2.89. The fourth-order valence-electron chi connectivity index (χ4n) is 2.04. The molecular formula is C14H7ClN4O5S2. The maximum atomic E-state index is 12.3. The third-order valence-corrected chi connectivity index (χ3v) is 5.20. The number of nitro groups is 2. The summed E-state index contributed by atoms with van der Waals surface area (Å²) in [5.74, 6) is -0.781. The molecule has 132 valence electrons. The Bertz CT molecular complexity index is 1030. The minimum Gasteiger partial charge on any atom is -0.298 e. The molecule has 26 heavy (non-hydrogen) atoms. The van der Waals surface area contributed by atoms with Crippen molar-refractivity contribution in [3.8, 4) is 10.6 Å². The average Bonchev–Trinajstić information content (AvgIpc) is 3.23.